The lowest BCUT2D eigenvalue weighted by molar-refractivity contribution is -0.139. The number of halogens is 1. The van der Waals surface area contributed by atoms with Crippen molar-refractivity contribution in [3.8, 4) is 11.5 Å². The number of anilines is 1. The topological polar surface area (TPSA) is 87.5 Å². The first kappa shape index (κ1) is 23.6. The highest BCUT2D eigenvalue weighted by Crippen LogP contribution is 2.40. The highest BCUT2D eigenvalue weighted by molar-refractivity contribution is 6.31. The van der Waals surface area contributed by atoms with E-state index in [4.69, 9.17) is 25.8 Å². The SMILES string of the molecule is CCCC1=C(C(=O)OCC)[C@@H](c2ccc(OCc3ccccc3Cl)c(OC)c2)n2ncnc2N1. The average Bonchev–Trinajstić information content (AvgIpc) is 3.31. The molecule has 0 aliphatic carbocycles. The number of methoxy groups -OCH3 is 1. The molecule has 4 rings (SSSR count). The van der Waals surface area contributed by atoms with Crippen LogP contribution in [0.5, 0.6) is 11.5 Å². The van der Waals surface area contributed by atoms with Crippen molar-refractivity contribution < 1.29 is 19.0 Å². The van der Waals surface area contributed by atoms with Gasteiger partial charge in [-0.1, -0.05) is 49.2 Å². The number of ether oxygens (including phenoxy) is 3. The predicted octanol–water partition coefficient (Wildman–Crippen LogP) is 5.15. The first-order valence-corrected chi connectivity index (χ1v) is 11.6. The van der Waals surface area contributed by atoms with Crippen LogP contribution in [0.1, 0.15) is 43.9 Å². The van der Waals surface area contributed by atoms with Crippen molar-refractivity contribution in [3.63, 3.8) is 0 Å². The molecule has 1 aliphatic heterocycles. The fraction of sp³-hybridized carbons (Fsp3) is 0.320. The summed E-state index contributed by atoms with van der Waals surface area (Å²) in [6.45, 7) is 4.42. The Balaban J connectivity index is 1.72. The van der Waals surface area contributed by atoms with Gasteiger partial charge < -0.3 is 19.5 Å². The molecule has 9 heteroatoms. The van der Waals surface area contributed by atoms with E-state index < -0.39 is 6.04 Å². The number of fused-ring (bicyclic) bond motifs is 1. The molecule has 0 saturated carbocycles. The summed E-state index contributed by atoms with van der Waals surface area (Å²) in [4.78, 5) is 17.4. The van der Waals surface area contributed by atoms with Crippen LogP contribution in [0.3, 0.4) is 0 Å². The molecule has 1 aliphatic rings. The standard InChI is InChI=1S/C25H27ClN4O4/c1-4-8-19-22(24(31)33-5-2)23(30-25(29-19)27-15-28-30)16-11-12-20(21(13-16)32-3)34-14-17-9-6-7-10-18(17)26/h6-7,9-13,15,23H,4-5,8,14H2,1-3H3,(H,27,28,29)/t23-/m1/s1. The second kappa shape index (κ2) is 10.6. The normalized spacial score (nSPS) is 14.9. The van der Waals surface area contributed by atoms with Crippen molar-refractivity contribution >= 4 is 23.5 Å². The Morgan fingerprint density at radius 2 is 2.00 bits per heavy atom. The van der Waals surface area contributed by atoms with Crippen LogP contribution in [0.25, 0.3) is 0 Å². The molecule has 0 fully saturated rings. The highest BCUT2D eigenvalue weighted by Gasteiger charge is 2.35. The number of nitrogens with zero attached hydrogens (tertiary/aromatic N) is 3. The summed E-state index contributed by atoms with van der Waals surface area (Å²) in [6, 6.07) is 12.6. The number of aromatic nitrogens is 3. The highest BCUT2D eigenvalue weighted by atomic mass is 35.5. The van der Waals surface area contributed by atoms with Gasteiger partial charge in [-0.3, -0.25) is 0 Å². The monoisotopic (exact) mass is 482 g/mol. The van der Waals surface area contributed by atoms with Crippen LogP contribution in [0, 0.1) is 0 Å². The van der Waals surface area contributed by atoms with Gasteiger partial charge >= 0.3 is 5.97 Å². The summed E-state index contributed by atoms with van der Waals surface area (Å²) in [5.74, 6) is 1.28. The number of carbonyl (C=O) groups excluding carboxylic acids is 1. The van der Waals surface area contributed by atoms with Gasteiger partial charge in [-0.05, 0) is 37.1 Å². The average molecular weight is 483 g/mol. The molecule has 0 amide bonds. The van der Waals surface area contributed by atoms with Crippen LogP contribution in [-0.4, -0.2) is 34.5 Å². The van der Waals surface area contributed by atoms with E-state index in [1.165, 1.54) is 6.33 Å². The zero-order chi connectivity index (χ0) is 24.1. The molecule has 1 N–H and O–H groups in total. The predicted molar refractivity (Wildman–Crippen MR) is 129 cm³/mol. The third-order valence-electron chi connectivity index (χ3n) is 5.52. The molecule has 8 nitrogen and oxygen atoms in total. The maximum absolute atomic E-state index is 13.1. The summed E-state index contributed by atoms with van der Waals surface area (Å²) in [5, 5.41) is 8.27. The van der Waals surface area contributed by atoms with Crippen LogP contribution >= 0.6 is 11.6 Å². The minimum absolute atomic E-state index is 0.275. The van der Waals surface area contributed by atoms with Crippen LogP contribution in [-0.2, 0) is 16.1 Å². The first-order valence-electron chi connectivity index (χ1n) is 11.2. The molecule has 0 bridgehead atoms. The molecule has 0 spiro atoms. The van der Waals surface area contributed by atoms with Gasteiger partial charge in [0, 0.05) is 16.3 Å². The van der Waals surface area contributed by atoms with E-state index in [2.05, 4.69) is 22.3 Å². The van der Waals surface area contributed by atoms with Crippen LogP contribution < -0.4 is 14.8 Å². The number of carbonyl (C=O) groups is 1. The summed E-state index contributed by atoms with van der Waals surface area (Å²) >= 11 is 6.26. The zero-order valence-electron chi connectivity index (χ0n) is 19.4. The minimum atomic E-state index is -0.522. The first-order chi connectivity index (χ1) is 16.6. The van der Waals surface area contributed by atoms with Crippen molar-refractivity contribution in [1.82, 2.24) is 14.8 Å². The summed E-state index contributed by atoms with van der Waals surface area (Å²) < 4.78 is 18.7. The molecule has 2 heterocycles. The molecule has 2 aromatic carbocycles. The zero-order valence-corrected chi connectivity index (χ0v) is 20.1. The van der Waals surface area contributed by atoms with Crippen molar-refractivity contribution in [2.24, 2.45) is 0 Å². The van der Waals surface area contributed by atoms with E-state index in [0.29, 0.717) is 41.1 Å². The number of hydrogen-bond donors (Lipinski definition) is 1. The van der Waals surface area contributed by atoms with Crippen molar-refractivity contribution in [3.05, 3.63) is 76.2 Å². The van der Waals surface area contributed by atoms with Gasteiger partial charge in [-0.2, -0.15) is 10.1 Å². The fourth-order valence-corrected chi connectivity index (χ4v) is 4.15. The van der Waals surface area contributed by atoms with Crippen molar-refractivity contribution in [1.29, 1.82) is 0 Å². The van der Waals surface area contributed by atoms with E-state index in [0.717, 1.165) is 23.2 Å². The molecule has 0 unspecified atom stereocenters. The lowest BCUT2D eigenvalue weighted by Crippen LogP contribution is -2.30. The maximum atomic E-state index is 13.1. The Kier molecular flexibility index (Phi) is 7.37. The number of allylic oxidation sites excluding steroid dienone is 1. The van der Waals surface area contributed by atoms with E-state index in [1.54, 1.807) is 18.7 Å². The second-order valence-corrected chi connectivity index (χ2v) is 8.12. The number of esters is 1. The Morgan fingerprint density at radius 3 is 2.74 bits per heavy atom. The molecule has 1 aromatic heterocycles. The van der Waals surface area contributed by atoms with Crippen molar-refractivity contribution in [2.75, 3.05) is 19.0 Å². The molecule has 0 saturated heterocycles. The van der Waals surface area contributed by atoms with Gasteiger partial charge in [-0.15, -0.1) is 0 Å². The van der Waals surface area contributed by atoms with Gasteiger partial charge in [0.1, 0.15) is 19.0 Å². The molecule has 34 heavy (non-hydrogen) atoms. The minimum Gasteiger partial charge on any atom is -0.493 e. The van der Waals surface area contributed by atoms with Crippen LogP contribution in [0.4, 0.5) is 5.95 Å². The third kappa shape index (κ3) is 4.72. The number of hydrogen-bond acceptors (Lipinski definition) is 7. The van der Waals surface area contributed by atoms with E-state index >= 15 is 0 Å². The smallest absolute Gasteiger partial charge is 0.338 e. The van der Waals surface area contributed by atoms with E-state index in [-0.39, 0.29) is 12.6 Å². The Morgan fingerprint density at radius 1 is 1.18 bits per heavy atom. The molecular weight excluding hydrogens is 456 g/mol. The number of nitrogens with one attached hydrogen (secondary N) is 1. The lowest BCUT2D eigenvalue weighted by Gasteiger charge is -2.29. The van der Waals surface area contributed by atoms with E-state index in [1.807, 2.05) is 42.5 Å². The Labute approximate surface area is 203 Å². The van der Waals surface area contributed by atoms with Gasteiger partial charge in [0.2, 0.25) is 5.95 Å². The second-order valence-electron chi connectivity index (χ2n) is 7.71. The fourth-order valence-electron chi connectivity index (χ4n) is 3.96. The Hall–Kier alpha value is -3.52. The summed E-state index contributed by atoms with van der Waals surface area (Å²) in [6.07, 6.45) is 2.99. The summed E-state index contributed by atoms with van der Waals surface area (Å²) in [5.41, 5.74) is 2.96. The number of rotatable bonds is 9. The molecule has 3 aromatic rings. The summed E-state index contributed by atoms with van der Waals surface area (Å²) in [7, 11) is 1.58. The molecule has 0 radical (unpaired) electrons. The van der Waals surface area contributed by atoms with Gasteiger partial charge in [0.05, 0.1) is 19.3 Å². The van der Waals surface area contributed by atoms with Gasteiger partial charge in [0.15, 0.2) is 11.5 Å². The molecular formula is C25H27ClN4O4. The Bertz CT molecular complexity index is 1210. The third-order valence-corrected chi connectivity index (χ3v) is 5.89. The number of benzene rings is 2. The molecule has 178 valence electrons. The van der Waals surface area contributed by atoms with Gasteiger partial charge in [0.25, 0.3) is 0 Å². The van der Waals surface area contributed by atoms with Crippen LogP contribution in [0.2, 0.25) is 5.02 Å². The van der Waals surface area contributed by atoms with E-state index in [9.17, 15) is 4.79 Å². The lowest BCUT2D eigenvalue weighted by atomic mass is 9.93. The molecule has 1 atom stereocenters. The van der Waals surface area contributed by atoms with Crippen molar-refractivity contribution in [2.45, 2.75) is 39.3 Å². The largest absolute Gasteiger partial charge is 0.493 e. The quantitative estimate of drug-likeness (QED) is 0.422. The van der Waals surface area contributed by atoms with Crippen LogP contribution in [0.15, 0.2) is 60.1 Å². The van der Waals surface area contributed by atoms with Gasteiger partial charge in [-0.25, -0.2) is 9.48 Å². The maximum Gasteiger partial charge on any atom is 0.338 e.